The SMILES string of the molecule is C[C@@H](c1nc(C(F)(F)F)cc2c(-c3cccc([C@H](c4nncn4C)C4CCC4)c3)n[nH]c12)N1CC[C@H]1CO. The van der Waals surface area contributed by atoms with E-state index in [0.717, 1.165) is 42.3 Å². The molecule has 0 spiro atoms. The first-order valence-electron chi connectivity index (χ1n) is 13.0. The fourth-order valence-electron chi connectivity index (χ4n) is 5.89. The first kappa shape index (κ1) is 25.0. The van der Waals surface area contributed by atoms with E-state index in [1.807, 2.05) is 47.7 Å². The summed E-state index contributed by atoms with van der Waals surface area (Å²) in [7, 11) is 1.93. The topological polar surface area (TPSA) is 95.8 Å². The number of rotatable bonds is 7. The van der Waals surface area contributed by atoms with Gasteiger partial charge in [-0.05, 0) is 49.8 Å². The van der Waals surface area contributed by atoms with Crippen LogP contribution in [0.5, 0.6) is 0 Å². The molecule has 0 radical (unpaired) electrons. The summed E-state index contributed by atoms with van der Waals surface area (Å²) in [6, 6.07) is 8.45. The Morgan fingerprint density at radius 3 is 2.61 bits per heavy atom. The Labute approximate surface area is 217 Å². The van der Waals surface area contributed by atoms with Crippen LogP contribution in [0.4, 0.5) is 13.2 Å². The highest BCUT2D eigenvalue weighted by atomic mass is 19.4. The van der Waals surface area contributed by atoms with E-state index in [0.29, 0.717) is 29.1 Å². The minimum atomic E-state index is -4.61. The number of aromatic amines is 1. The van der Waals surface area contributed by atoms with Crippen molar-refractivity contribution in [2.45, 2.75) is 56.8 Å². The van der Waals surface area contributed by atoms with E-state index in [-0.39, 0.29) is 24.3 Å². The Kier molecular flexibility index (Phi) is 6.22. The number of benzene rings is 1. The van der Waals surface area contributed by atoms with Gasteiger partial charge in [0.1, 0.15) is 23.5 Å². The van der Waals surface area contributed by atoms with Crippen molar-refractivity contribution in [1.82, 2.24) is 34.8 Å². The van der Waals surface area contributed by atoms with E-state index in [4.69, 9.17) is 0 Å². The Hall–Kier alpha value is -3.31. The van der Waals surface area contributed by atoms with Crippen LogP contribution in [0.3, 0.4) is 0 Å². The largest absolute Gasteiger partial charge is 0.433 e. The Balaban J connectivity index is 1.46. The van der Waals surface area contributed by atoms with Crippen LogP contribution in [0.25, 0.3) is 22.2 Å². The summed E-state index contributed by atoms with van der Waals surface area (Å²) in [5, 5.41) is 26.0. The van der Waals surface area contributed by atoms with Crippen LogP contribution in [0.2, 0.25) is 0 Å². The van der Waals surface area contributed by atoms with Gasteiger partial charge in [0.05, 0.1) is 23.9 Å². The molecule has 38 heavy (non-hydrogen) atoms. The number of hydrogen-bond donors (Lipinski definition) is 2. The lowest BCUT2D eigenvalue weighted by atomic mass is 9.72. The van der Waals surface area contributed by atoms with Gasteiger partial charge in [0.25, 0.3) is 0 Å². The molecule has 0 amide bonds. The second-order valence-electron chi connectivity index (χ2n) is 10.5. The van der Waals surface area contributed by atoms with Crippen molar-refractivity contribution in [3.63, 3.8) is 0 Å². The number of H-pyrrole nitrogens is 1. The van der Waals surface area contributed by atoms with Crippen molar-refractivity contribution in [3.8, 4) is 11.3 Å². The molecule has 8 nitrogen and oxygen atoms in total. The summed E-state index contributed by atoms with van der Waals surface area (Å²) in [5.74, 6) is 1.37. The van der Waals surface area contributed by atoms with Crippen LogP contribution < -0.4 is 0 Å². The molecule has 1 saturated carbocycles. The summed E-state index contributed by atoms with van der Waals surface area (Å²) in [6.07, 6.45) is 1.26. The first-order chi connectivity index (χ1) is 18.3. The predicted octanol–water partition coefficient (Wildman–Crippen LogP) is 4.83. The van der Waals surface area contributed by atoms with Crippen molar-refractivity contribution in [2.24, 2.45) is 13.0 Å². The Morgan fingerprint density at radius 1 is 1.18 bits per heavy atom. The summed E-state index contributed by atoms with van der Waals surface area (Å²) in [6.45, 7) is 2.48. The third-order valence-electron chi connectivity index (χ3n) is 8.33. The quantitative estimate of drug-likeness (QED) is 0.359. The van der Waals surface area contributed by atoms with Crippen LogP contribution in [0, 0.1) is 5.92 Å². The van der Waals surface area contributed by atoms with Gasteiger partial charge in [-0.2, -0.15) is 18.3 Å². The fourth-order valence-corrected chi connectivity index (χ4v) is 5.89. The smallest absolute Gasteiger partial charge is 0.395 e. The molecule has 1 saturated heterocycles. The minimum Gasteiger partial charge on any atom is -0.395 e. The predicted molar refractivity (Wildman–Crippen MR) is 135 cm³/mol. The van der Waals surface area contributed by atoms with Gasteiger partial charge in [0.2, 0.25) is 0 Å². The molecule has 4 heterocycles. The van der Waals surface area contributed by atoms with E-state index in [1.54, 1.807) is 6.33 Å². The Bertz CT molecular complexity index is 1460. The molecule has 11 heteroatoms. The van der Waals surface area contributed by atoms with Gasteiger partial charge in [-0.3, -0.25) is 10.00 Å². The van der Waals surface area contributed by atoms with Crippen LogP contribution in [0.1, 0.15) is 67.3 Å². The number of aliphatic hydroxyl groups is 1. The van der Waals surface area contributed by atoms with Gasteiger partial charge in [-0.25, -0.2) is 4.98 Å². The van der Waals surface area contributed by atoms with E-state index in [1.165, 1.54) is 6.42 Å². The molecule has 2 N–H and O–H groups in total. The second-order valence-corrected chi connectivity index (χ2v) is 10.5. The number of fused-ring (bicyclic) bond motifs is 1. The summed E-state index contributed by atoms with van der Waals surface area (Å²) >= 11 is 0. The molecule has 1 aliphatic heterocycles. The maximum atomic E-state index is 14.0. The molecule has 1 aliphatic carbocycles. The summed E-state index contributed by atoms with van der Waals surface area (Å²) < 4.78 is 43.9. The molecule has 3 aromatic heterocycles. The number of pyridine rings is 1. The van der Waals surface area contributed by atoms with E-state index in [9.17, 15) is 18.3 Å². The van der Waals surface area contributed by atoms with E-state index in [2.05, 4.69) is 25.4 Å². The van der Waals surface area contributed by atoms with Gasteiger partial charge in [-0.1, -0.05) is 24.6 Å². The van der Waals surface area contributed by atoms with Gasteiger partial charge < -0.3 is 9.67 Å². The van der Waals surface area contributed by atoms with Crippen molar-refractivity contribution in [2.75, 3.05) is 13.2 Å². The third kappa shape index (κ3) is 4.17. The zero-order chi connectivity index (χ0) is 26.6. The first-order valence-corrected chi connectivity index (χ1v) is 13.0. The number of hydrogen-bond acceptors (Lipinski definition) is 6. The highest BCUT2D eigenvalue weighted by Gasteiger charge is 2.38. The lowest BCUT2D eigenvalue weighted by Gasteiger charge is -2.43. The maximum Gasteiger partial charge on any atom is 0.433 e. The summed E-state index contributed by atoms with van der Waals surface area (Å²) in [5.41, 5.74) is 2.06. The number of nitrogens with one attached hydrogen (secondary N) is 1. The van der Waals surface area contributed by atoms with Gasteiger partial charge in [0, 0.05) is 36.5 Å². The molecular formula is C27H30F3N7O. The monoisotopic (exact) mass is 525 g/mol. The average Bonchev–Trinajstić information content (AvgIpc) is 3.45. The fraction of sp³-hybridized carbons (Fsp3) is 0.481. The van der Waals surface area contributed by atoms with Crippen LogP contribution >= 0.6 is 0 Å². The molecule has 1 aromatic carbocycles. The number of aromatic nitrogens is 6. The van der Waals surface area contributed by atoms with Crippen molar-refractivity contribution in [3.05, 3.63) is 59.4 Å². The molecule has 200 valence electrons. The molecular weight excluding hydrogens is 495 g/mol. The number of alkyl halides is 3. The number of halogens is 3. The van der Waals surface area contributed by atoms with Crippen molar-refractivity contribution >= 4 is 10.9 Å². The zero-order valence-corrected chi connectivity index (χ0v) is 21.3. The maximum absolute atomic E-state index is 14.0. The van der Waals surface area contributed by atoms with Gasteiger partial charge in [0.15, 0.2) is 0 Å². The standard InChI is InChI=1S/C27H30F3N7O/c1-15(37-10-9-19(37)13-38)23-25-20(12-21(32-23)27(28,29)30)24(33-34-25)18-8-4-7-17(11-18)22(16-5-3-6-16)26-35-31-14-36(26)2/h4,7-8,11-12,14-16,19,22,38H,3,5-6,9-10,13H2,1-2H3,(H,33,34)/t15-,19-,22+/m0/s1. The third-order valence-corrected chi connectivity index (χ3v) is 8.33. The molecule has 0 bridgehead atoms. The highest BCUT2D eigenvalue weighted by Crippen LogP contribution is 2.44. The average molecular weight is 526 g/mol. The second kappa shape index (κ2) is 9.46. The van der Waals surface area contributed by atoms with Crippen LogP contribution in [0.15, 0.2) is 36.7 Å². The summed E-state index contributed by atoms with van der Waals surface area (Å²) in [4.78, 5) is 6.02. The van der Waals surface area contributed by atoms with Crippen molar-refractivity contribution in [1.29, 1.82) is 0 Å². The zero-order valence-electron chi connectivity index (χ0n) is 21.3. The Morgan fingerprint density at radius 2 is 2.00 bits per heavy atom. The van der Waals surface area contributed by atoms with Gasteiger partial charge in [-0.15, -0.1) is 10.2 Å². The molecule has 3 atom stereocenters. The molecule has 2 fully saturated rings. The van der Waals surface area contributed by atoms with Crippen LogP contribution in [-0.4, -0.2) is 59.1 Å². The molecule has 2 aliphatic rings. The molecule has 0 unspecified atom stereocenters. The number of aliphatic hydroxyl groups excluding tert-OH is 1. The minimum absolute atomic E-state index is 0.0405. The number of likely N-dealkylation sites (tertiary alicyclic amines) is 1. The normalized spacial score (nSPS) is 20.3. The number of aryl methyl sites for hydroxylation is 1. The van der Waals surface area contributed by atoms with E-state index >= 15 is 0 Å². The van der Waals surface area contributed by atoms with Crippen molar-refractivity contribution < 1.29 is 18.3 Å². The molecule has 4 aromatic rings. The number of nitrogens with zero attached hydrogens (tertiary/aromatic N) is 6. The van der Waals surface area contributed by atoms with Crippen LogP contribution in [-0.2, 0) is 13.2 Å². The highest BCUT2D eigenvalue weighted by molar-refractivity contribution is 5.94. The lowest BCUT2D eigenvalue weighted by molar-refractivity contribution is -0.141. The van der Waals surface area contributed by atoms with E-state index < -0.39 is 17.9 Å². The van der Waals surface area contributed by atoms with Gasteiger partial charge >= 0.3 is 6.18 Å². The lowest BCUT2D eigenvalue weighted by Crippen LogP contribution is -2.51. The molecule has 6 rings (SSSR count).